The first kappa shape index (κ1) is 5.37. The van der Waals surface area contributed by atoms with Crippen LogP contribution in [0.2, 0.25) is 0 Å². The highest BCUT2D eigenvalue weighted by molar-refractivity contribution is 5.46. The van der Waals surface area contributed by atoms with Gasteiger partial charge in [0, 0.05) is 6.54 Å². The average Bonchev–Trinajstić information content (AvgIpc) is 2.19. The van der Waals surface area contributed by atoms with E-state index in [1.807, 2.05) is 6.92 Å². The summed E-state index contributed by atoms with van der Waals surface area (Å²) in [5.74, 6) is 0. The van der Waals surface area contributed by atoms with Crippen LogP contribution in [-0.2, 0) is 4.74 Å². The van der Waals surface area contributed by atoms with Gasteiger partial charge < -0.3 is 4.74 Å². The summed E-state index contributed by atoms with van der Waals surface area (Å²) in [7, 11) is 0. The molecule has 0 amide bonds. The minimum absolute atomic E-state index is 0.466. The second kappa shape index (κ2) is 2.52. The molecule has 1 aliphatic rings. The topological polar surface area (TPSA) is 36.9 Å². The van der Waals surface area contributed by atoms with Crippen molar-refractivity contribution in [3.63, 3.8) is 0 Å². The molecule has 0 aromatic rings. The number of nitrogens with zero attached hydrogens (tertiary/aromatic N) is 2. The van der Waals surface area contributed by atoms with Crippen LogP contribution < -0.4 is 5.43 Å². The summed E-state index contributed by atoms with van der Waals surface area (Å²) in [6, 6.07) is 0. The highest BCUT2D eigenvalue weighted by Crippen LogP contribution is 1.89. The first-order valence-electron chi connectivity index (χ1n) is 2.52. The fourth-order valence-corrected chi connectivity index (χ4v) is 0.461. The van der Waals surface area contributed by atoms with Gasteiger partial charge in [0.15, 0.2) is 6.73 Å². The van der Waals surface area contributed by atoms with E-state index < -0.39 is 0 Å². The number of hydrogen-bond donors (Lipinski definition) is 1. The van der Waals surface area contributed by atoms with Crippen LogP contribution in [0.4, 0.5) is 0 Å². The van der Waals surface area contributed by atoms with E-state index >= 15 is 0 Å². The second-order valence-corrected chi connectivity index (χ2v) is 1.38. The van der Waals surface area contributed by atoms with Gasteiger partial charge in [-0.2, -0.15) is 5.12 Å². The maximum atomic E-state index is 4.66. The molecule has 0 saturated heterocycles. The molecular formula is C4H8N3O. The van der Waals surface area contributed by atoms with E-state index in [2.05, 4.69) is 21.7 Å². The molecule has 4 heteroatoms. The molecule has 0 unspecified atom stereocenters. The van der Waals surface area contributed by atoms with Crippen LogP contribution in [0.1, 0.15) is 6.92 Å². The van der Waals surface area contributed by atoms with E-state index in [1.165, 1.54) is 0 Å². The van der Waals surface area contributed by atoms with E-state index in [1.54, 1.807) is 5.12 Å². The second-order valence-electron chi connectivity index (χ2n) is 1.38. The van der Waals surface area contributed by atoms with Gasteiger partial charge in [0.25, 0.3) is 6.40 Å². The van der Waals surface area contributed by atoms with E-state index in [4.69, 9.17) is 0 Å². The van der Waals surface area contributed by atoms with Crippen LogP contribution in [-0.4, -0.2) is 24.8 Å². The molecule has 0 aliphatic carbocycles. The number of hydrazone groups is 1. The van der Waals surface area contributed by atoms with Crippen LogP contribution in [0.25, 0.3) is 0 Å². The van der Waals surface area contributed by atoms with Crippen molar-refractivity contribution in [1.29, 1.82) is 0 Å². The summed E-state index contributed by atoms with van der Waals surface area (Å²) in [5, 5.41) is 5.26. The molecule has 8 heavy (non-hydrogen) atoms. The summed E-state index contributed by atoms with van der Waals surface area (Å²) in [5.41, 5.74) is 2.92. The molecule has 0 fully saturated rings. The molecule has 0 aromatic heterocycles. The lowest BCUT2D eigenvalue weighted by Gasteiger charge is -2.09. The number of rotatable bonds is 2. The third kappa shape index (κ3) is 1.10. The molecular weight excluding hydrogens is 106 g/mol. The molecule has 1 radical (unpaired) electrons. The van der Waals surface area contributed by atoms with Gasteiger partial charge in [0.2, 0.25) is 0 Å². The monoisotopic (exact) mass is 114 g/mol. The maximum Gasteiger partial charge on any atom is 0.299 e. The van der Waals surface area contributed by atoms with Crippen LogP contribution in [0.5, 0.6) is 0 Å². The van der Waals surface area contributed by atoms with Crippen molar-refractivity contribution in [2.45, 2.75) is 6.92 Å². The number of ether oxygens (including phenoxy) is 1. The Bertz CT molecular complexity index is 93.3. The lowest BCUT2D eigenvalue weighted by Crippen LogP contribution is -2.31. The van der Waals surface area contributed by atoms with Gasteiger partial charge in [-0.1, -0.05) is 6.92 Å². The predicted molar refractivity (Wildman–Crippen MR) is 28.9 cm³/mol. The van der Waals surface area contributed by atoms with Crippen molar-refractivity contribution in [2.24, 2.45) is 5.10 Å². The van der Waals surface area contributed by atoms with Gasteiger partial charge >= 0.3 is 0 Å². The van der Waals surface area contributed by atoms with Crippen LogP contribution in [0.3, 0.4) is 0 Å². The standard InChI is InChI=1S/C4H8N3O/c1-2-5-7-4-8-3-6-7/h5H,2,4H2,1H3. The summed E-state index contributed by atoms with van der Waals surface area (Å²) < 4.78 is 4.66. The van der Waals surface area contributed by atoms with Crippen molar-refractivity contribution in [3.05, 3.63) is 0 Å². The van der Waals surface area contributed by atoms with E-state index in [0.717, 1.165) is 6.54 Å². The Morgan fingerprint density at radius 3 is 3.38 bits per heavy atom. The molecule has 1 aliphatic heterocycles. The van der Waals surface area contributed by atoms with Gasteiger partial charge in [0.1, 0.15) is 0 Å². The largest absolute Gasteiger partial charge is 0.448 e. The molecule has 45 valence electrons. The molecule has 1 N–H and O–H groups in total. The summed E-state index contributed by atoms with van der Waals surface area (Å²) in [6.07, 6.45) is 2.35. The summed E-state index contributed by atoms with van der Waals surface area (Å²) >= 11 is 0. The van der Waals surface area contributed by atoms with Crippen LogP contribution in [0.15, 0.2) is 5.10 Å². The highest BCUT2D eigenvalue weighted by atomic mass is 16.5. The van der Waals surface area contributed by atoms with E-state index in [9.17, 15) is 0 Å². The van der Waals surface area contributed by atoms with Gasteiger partial charge in [-0.05, 0) is 0 Å². The Balaban J connectivity index is 2.16. The van der Waals surface area contributed by atoms with Crippen molar-refractivity contribution >= 4 is 6.40 Å². The van der Waals surface area contributed by atoms with Crippen molar-refractivity contribution in [1.82, 2.24) is 10.5 Å². The predicted octanol–water partition coefficient (Wildman–Crippen LogP) is -0.379. The van der Waals surface area contributed by atoms with Crippen LogP contribution >= 0.6 is 0 Å². The van der Waals surface area contributed by atoms with Crippen molar-refractivity contribution in [3.8, 4) is 0 Å². The Kier molecular flexibility index (Phi) is 1.69. The van der Waals surface area contributed by atoms with Gasteiger partial charge in [-0.3, -0.25) is 0 Å². The van der Waals surface area contributed by atoms with Gasteiger partial charge in [0.05, 0.1) is 0 Å². The molecule has 4 nitrogen and oxygen atoms in total. The Labute approximate surface area is 48.1 Å². The van der Waals surface area contributed by atoms with E-state index in [0.29, 0.717) is 6.73 Å². The quantitative estimate of drug-likeness (QED) is 0.531. The smallest absolute Gasteiger partial charge is 0.299 e. The van der Waals surface area contributed by atoms with Crippen molar-refractivity contribution in [2.75, 3.05) is 13.3 Å². The fourth-order valence-electron chi connectivity index (χ4n) is 0.461. The first-order chi connectivity index (χ1) is 3.93. The SMILES string of the molecule is CCNN1CO[C]=N1. The molecule has 1 heterocycles. The molecule has 0 aromatic carbocycles. The Morgan fingerprint density at radius 1 is 2.00 bits per heavy atom. The first-order valence-corrected chi connectivity index (χ1v) is 2.52. The lowest BCUT2D eigenvalue weighted by atomic mass is 10.8. The third-order valence-electron chi connectivity index (χ3n) is 0.754. The Hall–Kier alpha value is -0.770. The fraction of sp³-hybridized carbons (Fsp3) is 0.750. The molecule has 1 rings (SSSR count). The zero-order chi connectivity index (χ0) is 5.82. The summed E-state index contributed by atoms with van der Waals surface area (Å²) in [6.45, 7) is 3.32. The van der Waals surface area contributed by atoms with Gasteiger partial charge in [-0.15, -0.1) is 5.10 Å². The lowest BCUT2D eigenvalue weighted by molar-refractivity contribution is 0.119. The van der Waals surface area contributed by atoms with Crippen LogP contribution in [0, 0.1) is 0 Å². The summed E-state index contributed by atoms with van der Waals surface area (Å²) in [4.78, 5) is 0. The maximum absolute atomic E-state index is 4.66. The van der Waals surface area contributed by atoms with Gasteiger partial charge in [-0.25, -0.2) is 5.43 Å². The average molecular weight is 114 g/mol. The highest BCUT2D eigenvalue weighted by Gasteiger charge is 2.02. The number of hydrogen-bond acceptors (Lipinski definition) is 4. The molecule has 0 atom stereocenters. The molecule has 0 spiro atoms. The number of nitrogens with one attached hydrogen (secondary N) is 1. The minimum Gasteiger partial charge on any atom is -0.448 e. The van der Waals surface area contributed by atoms with E-state index in [-0.39, 0.29) is 0 Å². The minimum atomic E-state index is 0.466. The Morgan fingerprint density at radius 2 is 2.88 bits per heavy atom. The zero-order valence-electron chi connectivity index (χ0n) is 4.72. The normalized spacial score (nSPS) is 16.9. The molecule has 0 bridgehead atoms. The molecule has 0 saturated carbocycles. The third-order valence-corrected chi connectivity index (χ3v) is 0.754. The van der Waals surface area contributed by atoms with Crippen molar-refractivity contribution < 1.29 is 4.74 Å². The number of hydrazine groups is 1. The zero-order valence-corrected chi connectivity index (χ0v) is 4.72.